The smallest absolute Gasteiger partial charge is 0.232 e. The summed E-state index contributed by atoms with van der Waals surface area (Å²) in [4.78, 5) is 18.5. The molecule has 1 saturated heterocycles. The van der Waals surface area contributed by atoms with Crippen molar-refractivity contribution in [1.29, 1.82) is 0 Å². The van der Waals surface area contributed by atoms with Crippen LogP contribution in [0.5, 0.6) is 0 Å². The van der Waals surface area contributed by atoms with E-state index in [1.54, 1.807) is 12.0 Å². The number of carbonyl (C=O) groups excluding carboxylic acids is 1. The van der Waals surface area contributed by atoms with Crippen LogP contribution >= 0.6 is 0 Å². The molecule has 1 aromatic heterocycles. The zero-order chi connectivity index (χ0) is 16.3. The van der Waals surface area contributed by atoms with Crippen LogP contribution in [0.2, 0.25) is 0 Å². The second kappa shape index (κ2) is 6.75. The predicted octanol–water partition coefficient (Wildman–Crippen LogP) is 1.19. The van der Waals surface area contributed by atoms with E-state index in [0.717, 1.165) is 0 Å². The first-order chi connectivity index (χ1) is 10.3. The Bertz CT molecular complexity index is 509. The molecular weight excluding hydrogens is 286 g/mol. The number of ether oxygens (including phenoxy) is 1. The van der Waals surface area contributed by atoms with Gasteiger partial charge in [-0.3, -0.25) is 4.79 Å². The molecule has 1 aromatic rings. The lowest BCUT2D eigenvalue weighted by Crippen LogP contribution is -2.32. The highest BCUT2D eigenvalue weighted by molar-refractivity contribution is 5.77. The quantitative estimate of drug-likeness (QED) is 0.878. The molecule has 1 aliphatic heterocycles. The SMILES string of the molecule is COCc1noc([C@@H]2CN(C(=O)CC(C)(C)C)C[C@H]2CO)n1. The van der Waals surface area contributed by atoms with Gasteiger partial charge in [-0.1, -0.05) is 25.9 Å². The number of nitrogens with zero attached hydrogens (tertiary/aromatic N) is 3. The van der Waals surface area contributed by atoms with Gasteiger partial charge in [0.1, 0.15) is 6.61 Å². The molecule has 2 heterocycles. The maximum Gasteiger partial charge on any atom is 0.232 e. The fraction of sp³-hybridized carbons (Fsp3) is 0.800. The van der Waals surface area contributed by atoms with Crippen LogP contribution in [0.1, 0.15) is 44.8 Å². The molecule has 124 valence electrons. The number of carbonyl (C=O) groups is 1. The lowest BCUT2D eigenvalue weighted by molar-refractivity contribution is -0.132. The predicted molar refractivity (Wildman–Crippen MR) is 79.0 cm³/mol. The second-order valence-corrected chi connectivity index (χ2v) is 7.07. The lowest BCUT2D eigenvalue weighted by Gasteiger charge is -2.22. The number of aliphatic hydroxyl groups excluding tert-OH is 1. The molecule has 0 unspecified atom stereocenters. The van der Waals surface area contributed by atoms with Gasteiger partial charge in [-0.25, -0.2) is 0 Å². The van der Waals surface area contributed by atoms with Crippen molar-refractivity contribution in [3.63, 3.8) is 0 Å². The number of hydrogen-bond donors (Lipinski definition) is 1. The number of likely N-dealkylation sites (tertiary alicyclic amines) is 1. The van der Waals surface area contributed by atoms with Gasteiger partial charge in [-0.15, -0.1) is 0 Å². The minimum absolute atomic E-state index is 0.00798. The van der Waals surface area contributed by atoms with Gasteiger partial charge in [-0.2, -0.15) is 4.98 Å². The van der Waals surface area contributed by atoms with Gasteiger partial charge < -0.3 is 19.3 Å². The lowest BCUT2D eigenvalue weighted by atomic mass is 9.92. The van der Waals surface area contributed by atoms with E-state index in [1.165, 1.54) is 0 Å². The molecule has 0 saturated carbocycles. The van der Waals surface area contributed by atoms with Crippen LogP contribution in [0.3, 0.4) is 0 Å². The molecule has 0 bridgehead atoms. The average molecular weight is 311 g/mol. The Morgan fingerprint density at radius 3 is 2.77 bits per heavy atom. The molecule has 2 atom stereocenters. The molecule has 2 rings (SSSR count). The zero-order valence-corrected chi connectivity index (χ0v) is 13.7. The summed E-state index contributed by atoms with van der Waals surface area (Å²) >= 11 is 0. The van der Waals surface area contributed by atoms with Gasteiger partial charge in [0.2, 0.25) is 11.8 Å². The number of amides is 1. The summed E-state index contributed by atoms with van der Waals surface area (Å²) in [5.74, 6) is 0.864. The first-order valence-electron chi connectivity index (χ1n) is 7.54. The van der Waals surface area contributed by atoms with E-state index < -0.39 is 0 Å². The first-order valence-corrected chi connectivity index (χ1v) is 7.54. The van der Waals surface area contributed by atoms with Gasteiger partial charge in [-0.05, 0) is 5.41 Å². The second-order valence-electron chi connectivity index (χ2n) is 7.07. The first kappa shape index (κ1) is 16.9. The van der Waals surface area contributed by atoms with E-state index in [1.807, 2.05) is 20.8 Å². The largest absolute Gasteiger partial charge is 0.396 e. The van der Waals surface area contributed by atoms with Gasteiger partial charge in [0.15, 0.2) is 5.82 Å². The highest BCUT2D eigenvalue weighted by Gasteiger charge is 2.39. The molecule has 1 amide bonds. The standard InChI is InChI=1S/C15H25N3O4/c1-15(2,3)5-13(20)18-6-10(8-19)11(7-18)14-16-12(9-21-4)17-22-14/h10-11,19H,5-9H2,1-4H3/t10-,11+/m0/s1. The van der Waals surface area contributed by atoms with Crippen molar-refractivity contribution in [2.45, 2.75) is 39.7 Å². The van der Waals surface area contributed by atoms with Crippen molar-refractivity contribution in [1.82, 2.24) is 15.0 Å². The molecule has 0 radical (unpaired) electrons. The van der Waals surface area contributed by atoms with Gasteiger partial charge in [0.05, 0.1) is 5.92 Å². The van der Waals surface area contributed by atoms with Crippen LogP contribution < -0.4 is 0 Å². The summed E-state index contributed by atoms with van der Waals surface area (Å²) in [5.41, 5.74) is -0.0556. The molecule has 22 heavy (non-hydrogen) atoms. The average Bonchev–Trinajstić information content (AvgIpc) is 3.02. The van der Waals surface area contributed by atoms with E-state index in [2.05, 4.69) is 10.1 Å². The monoisotopic (exact) mass is 311 g/mol. The maximum absolute atomic E-state index is 12.4. The topological polar surface area (TPSA) is 88.7 Å². The Labute approximate surface area is 130 Å². The fourth-order valence-corrected chi connectivity index (χ4v) is 2.71. The molecule has 0 aromatic carbocycles. The maximum atomic E-state index is 12.4. The molecule has 1 N–H and O–H groups in total. The molecule has 7 nitrogen and oxygen atoms in total. The summed E-state index contributed by atoms with van der Waals surface area (Å²) in [6, 6.07) is 0. The van der Waals surface area contributed by atoms with Crippen molar-refractivity contribution >= 4 is 5.91 Å². The van der Waals surface area contributed by atoms with Gasteiger partial charge >= 0.3 is 0 Å². The van der Waals surface area contributed by atoms with Gasteiger partial charge in [0.25, 0.3) is 0 Å². The molecule has 0 aliphatic carbocycles. The third-order valence-corrected chi connectivity index (χ3v) is 3.78. The van der Waals surface area contributed by atoms with E-state index >= 15 is 0 Å². The summed E-state index contributed by atoms with van der Waals surface area (Å²) in [6.07, 6.45) is 0.483. The van der Waals surface area contributed by atoms with Crippen molar-refractivity contribution in [3.05, 3.63) is 11.7 Å². The summed E-state index contributed by atoms with van der Waals surface area (Å²) in [6.45, 7) is 7.43. The van der Waals surface area contributed by atoms with Crippen LogP contribution in [0.15, 0.2) is 4.52 Å². The Hall–Kier alpha value is -1.47. The van der Waals surface area contributed by atoms with Crippen LogP contribution in [0, 0.1) is 11.3 Å². The van der Waals surface area contributed by atoms with Crippen LogP contribution in [0.25, 0.3) is 0 Å². The summed E-state index contributed by atoms with van der Waals surface area (Å²) in [7, 11) is 1.56. The Balaban J connectivity index is 2.07. The Kier molecular flexibility index (Phi) is 5.18. The number of aliphatic hydroxyl groups is 1. The number of rotatable bonds is 5. The van der Waals surface area contributed by atoms with Crippen LogP contribution in [0.4, 0.5) is 0 Å². The molecule has 1 aliphatic rings. The van der Waals surface area contributed by atoms with E-state index in [0.29, 0.717) is 31.2 Å². The molecule has 1 fully saturated rings. The minimum Gasteiger partial charge on any atom is -0.396 e. The van der Waals surface area contributed by atoms with E-state index in [9.17, 15) is 9.90 Å². The highest BCUT2D eigenvalue weighted by atomic mass is 16.5. The van der Waals surface area contributed by atoms with E-state index in [4.69, 9.17) is 9.26 Å². The summed E-state index contributed by atoms with van der Waals surface area (Å²) < 4.78 is 10.2. The minimum atomic E-state index is -0.118. The Morgan fingerprint density at radius 2 is 2.18 bits per heavy atom. The summed E-state index contributed by atoms with van der Waals surface area (Å²) in [5, 5.41) is 13.4. The molecular formula is C15H25N3O4. The number of hydrogen-bond acceptors (Lipinski definition) is 6. The van der Waals surface area contributed by atoms with E-state index in [-0.39, 0.29) is 36.4 Å². The van der Waals surface area contributed by atoms with Crippen molar-refractivity contribution in [2.24, 2.45) is 11.3 Å². The van der Waals surface area contributed by atoms with Gasteiger partial charge in [0, 0.05) is 39.1 Å². The molecule has 7 heteroatoms. The van der Waals surface area contributed by atoms with Crippen LogP contribution in [-0.2, 0) is 16.1 Å². The van der Waals surface area contributed by atoms with Crippen molar-refractivity contribution in [2.75, 3.05) is 26.8 Å². The normalized spacial score (nSPS) is 22.3. The van der Waals surface area contributed by atoms with Crippen molar-refractivity contribution in [3.8, 4) is 0 Å². The molecule has 0 spiro atoms. The number of aromatic nitrogens is 2. The Morgan fingerprint density at radius 1 is 1.45 bits per heavy atom. The highest BCUT2D eigenvalue weighted by Crippen LogP contribution is 2.33. The van der Waals surface area contributed by atoms with Crippen LogP contribution in [-0.4, -0.2) is 52.9 Å². The zero-order valence-electron chi connectivity index (χ0n) is 13.7. The third kappa shape index (κ3) is 4.04. The number of methoxy groups -OCH3 is 1. The van der Waals surface area contributed by atoms with Crippen molar-refractivity contribution < 1.29 is 19.2 Å². The fourth-order valence-electron chi connectivity index (χ4n) is 2.71. The third-order valence-electron chi connectivity index (χ3n) is 3.78.